The molecule has 0 aromatic heterocycles. The minimum atomic E-state index is -0.313. The zero-order chi connectivity index (χ0) is 19.1. The first-order valence-electron chi connectivity index (χ1n) is 7.99. The molecule has 0 radical (unpaired) electrons. The number of nitrogens with zero attached hydrogens (tertiary/aromatic N) is 1. The number of nitrogens with one attached hydrogen (secondary N) is 2. The summed E-state index contributed by atoms with van der Waals surface area (Å²) in [5.41, 5.74) is 1.42. The van der Waals surface area contributed by atoms with Crippen LogP contribution in [-0.4, -0.2) is 42.6 Å². The van der Waals surface area contributed by atoms with Crippen LogP contribution in [0.2, 0.25) is 5.02 Å². The van der Waals surface area contributed by atoms with Crippen molar-refractivity contribution in [3.63, 3.8) is 0 Å². The largest absolute Gasteiger partial charge is 0.324 e. The molecule has 2 N–H and O–H groups in total. The maximum absolute atomic E-state index is 12.2. The second kappa shape index (κ2) is 9.12. The Labute approximate surface area is 157 Å². The van der Waals surface area contributed by atoms with Crippen LogP contribution in [0.4, 0.5) is 11.4 Å². The second-order valence-electron chi connectivity index (χ2n) is 5.85. The third-order valence-corrected chi connectivity index (χ3v) is 3.89. The molecule has 6 nitrogen and oxygen atoms in total. The molecule has 0 saturated carbocycles. The third-order valence-electron chi connectivity index (χ3n) is 3.56. The number of carbonyl (C=O) groups is 3. The molecule has 0 atom stereocenters. The van der Waals surface area contributed by atoms with Gasteiger partial charge in [0.2, 0.25) is 11.8 Å². The average Bonchev–Trinajstić information content (AvgIpc) is 2.56. The SMILES string of the molecule is CC(=O)c1ccccc1NC(=O)CN(C)CC(=O)Nc1ccccc1Cl. The van der Waals surface area contributed by atoms with Crippen LogP contribution >= 0.6 is 11.6 Å². The van der Waals surface area contributed by atoms with Crippen molar-refractivity contribution >= 4 is 40.6 Å². The Morgan fingerprint density at radius 2 is 1.38 bits per heavy atom. The van der Waals surface area contributed by atoms with E-state index < -0.39 is 0 Å². The van der Waals surface area contributed by atoms with Gasteiger partial charge in [0, 0.05) is 5.56 Å². The lowest BCUT2D eigenvalue weighted by Gasteiger charge is -2.17. The molecular formula is C19H20ClN3O3. The number of benzene rings is 2. The molecular weight excluding hydrogens is 354 g/mol. The van der Waals surface area contributed by atoms with E-state index in [-0.39, 0.29) is 30.7 Å². The maximum Gasteiger partial charge on any atom is 0.238 e. The fourth-order valence-corrected chi connectivity index (χ4v) is 2.57. The third kappa shape index (κ3) is 5.68. The van der Waals surface area contributed by atoms with Crippen LogP contribution in [0.5, 0.6) is 0 Å². The lowest BCUT2D eigenvalue weighted by atomic mass is 10.1. The van der Waals surface area contributed by atoms with Gasteiger partial charge in [-0.25, -0.2) is 0 Å². The van der Waals surface area contributed by atoms with E-state index in [2.05, 4.69) is 10.6 Å². The topological polar surface area (TPSA) is 78.5 Å². The summed E-state index contributed by atoms with van der Waals surface area (Å²) in [4.78, 5) is 37.4. The summed E-state index contributed by atoms with van der Waals surface area (Å²) in [6, 6.07) is 13.7. The molecule has 2 amide bonds. The molecule has 0 saturated heterocycles. The molecule has 136 valence electrons. The molecule has 0 unspecified atom stereocenters. The number of hydrogen-bond acceptors (Lipinski definition) is 4. The number of anilines is 2. The van der Waals surface area contributed by atoms with E-state index >= 15 is 0 Å². The number of rotatable bonds is 7. The summed E-state index contributed by atoms with van der Waals surface area (Å²) < 4.78 is 0. The molecule has 0 spiro atoms. The van der Waals surface area contributed by atoms with Gasteiger partial charge < -0.3 is 10.6 Å². The molecule has 2 rings (SSSR count). The number of likely N-dealkylation sites (N-methyl/N-ethyl adjacent to an activating group) is 1. The Morgan fingerprint density at radius 1 is 0.885 bits per heavy atom. The monoisotopic (exact) mass is 373 g/mol. The highest BCUT2D eigenvalue weighted by Crippen LogP contribution is 2.20. The molecule has 7 heteroatoms. The van der Waals surface area contributed by atoms with E-state index in [1.54, 1.807) is 60.5 Å². The number of hydrogen-bond donors (Lipinski definition) is 2. The van der Waals surface area contributed by atoms with E-state index in [0.717, 1.165) is 0 Å². The van der Waals surface area contributed by atoms with Crippen molar-refractivity contribution in [3.8, 4) is 0 Å². The van der Waals surface area contributed by atoms with Crippen LogP contribution in [-0.2, 0) is 9.59 Å². The van der Waals surface area contributed by atoms with Crippen LogP contribution < -0.4 is 10.6 Å². The van der Waals surface area contributed by atoms with Crippen LogP contribution in [0, 0.1) is 0 Å². The normalized spacial score (nSPS) is 10.5. The van der Waals surface area contributed by atoms with Crippen molar-refractivity contribution in [3.05, 3.63) is 59.1 Å². The minimum Gasteiger partial charge on any atom is -0.324 e. The van der Waals surface area contributed by atoms with E-state index in [1.165, 1.54) is 6.92 Å². The van der Waals surface area contributed by atoms with Crippen LogP contribution in [0.25, 0.3) is 0 Å². The first kappa shape index (κ1) is 19.6. The van der Waals surface area contributed by atoms with Gasteiger partial charge >= 0.3 is 0 Å². The molecule has 0 heterocycles. The Balaban J connectivity index is 1.88. The molecule has 2 aromatic carbocycles. The minimum absolute atomic E-state index is 0.00216. The zero-order valence-electron chi connectivity index (χ0n) is 14.6. The number of para-hydroxylation sites is 2. The number of amides is 2. The fourth-order valence-electron chi connectivity index (χ4n) is 2.39. The molecule has 0 fully saturated rings. The van der Waals surface area contributed by atoms with Crippen molar-refractivity contribution < 1.29 is 14.4 Å². The van der Waals surface area contributed by atoms with Gasteiger partial charge in [-0.1, -0.05) is 35.9 Å². The molecule has 2 aromatic rings. The molecule has 0 aliphatic rings. The van der Waals surface area contributed by atoms with Crippen molar-refractivity contribution in [2.45, 2.75) is 6.92 Å². The van der Waals surface area contributed by atoms with Gasteiger partial charge in [0.25, 0.3) is 0 Å². The fraction of sp³-hybridized carbons (Fsp3) is 0.211. The van der Waals surface area contributed by atoms with Gasteiger partial charge in [0.05, 0.1) is 29.5 Å². The summed E-state index contributed by atoms with van der Waals surface area (Å²) in [6.45, 7) is 1.46. The highest BCUT2D eigenvalue weighted by Gasteiger charge is 2.14. The smallest absolute Gasteiger partial charge is 0.238 e. The Morgan fingerprint density at radius 3 is 1.96 bits per heavy atom. The standard InChI is InChI=1S/C19H20ClN3O3/c1-13(24)14-7-3-5-9-16(14)21-18(25)11-23(2)12-19(26)22-17-10-6-4-8-15(17)20/h3-10H,11-12H2,1-2H3,(H,21,25)(H,22,26). The summed E-state index contributed by atoms with van der Waals surface area (Å²) >= 11 is 6.00. The first-order valence-corrected chi connectivity index (χ1v) is 8.37. The summed E-state index contributed by atoms with van der Waals surface area (Å²) in [6.07, 6.45) is 0. The number of halogens is 1. The summed E-state index contributed by atoms with van der Waals surface area (Å²) in [5.74, 6) is -0.724. The van der Waals surface area contributed by atoms with Gasteiger partial charge in [-0.05, 0) is 38.2 Å². The van der Waals surface area contributed by atoms with Crippen molar-refractivity contribution in [1.29, 1.82) is 0 Å². The van der Waals surface area contributed by atoms with Crippen molar-refractivity contribution in [2.75, 3.05) is 30.8 Å². The summed E-state index contributed by atoms with van der Waals surface area (Å²) in [7, 11) is 1.66. The second-order valence-corrected chi connectivity index (χ2v) is 6.26. The number of Topliss-reactive ketones (excluding diaryl/α,β-unsaturated/α-hetero) is 1. The van der Waals surface area contributed by atoms with Crippen LogP contribution in [0.1, 0.15) is 17.3 Å². The lowest BCUT2D eigenvalue weighted by Crippen LogP contribution is -2.36. The van der Waals surface area contributed by atoms with E-state index in [1.807, 2.05) is 0 Å². The van der Waals surface area contributed by atoms with Gasteiger partial charge in [-0.3, -0.25) is 19.3 Å². The lowest BCUT2D eigenvalue weighted by molar-refractivity contribution is -0.119. The quantitative estimate of drug-likeness (QED) is 0.731. The average molecular weight is 374 g/mol. The predicted molar refractivity (Wildman–Crippen MR) is 103 cm³/mol. The highest BCUT2D eigenvalue weighted by molar-refractivity contribution is 6.33. The van der Waals surface area contributed by atoms with Gasteiger partial charge in [0.1, 0.15) is 0 Å². The molecule has 0 aliphatic heterocycles. The van der Waals surface area contributed by atoms with E-state index in [4.69, 9.17) is 11.6 Å². The van der Waals surface area contributed by atoms with E-state index in [0.29, 0.717) is 22.0 Å². The first-order chi connectivity index (χ1) is 12.4. The summed E-state index contributed by atoms with van der Waals surface area (Å²) in [5, 5.41) is 5.85. The molecule has 0 aliphatic carbocycles. The Kier molecular flexibility index (Phi) is 6.89. The Bertz CT molecular complexity index is 823. The van der Waals surface area contributed by atoms with Crippen LogP contribution in [0.15, 0.2) is 48.5 Å². The van der Waals surface area contributed by atoms with Crippen molar-refractivity contribution in [2.24, 2.45) is 0 Å². The highest BCUT2D eigenvalue weighted by atomic mass is 35.5. The molecule has 0 bridgehead atoms. The van der Waals surface area contributed by atoms with E-state index in [9.17, 15) is 14.4 Å². The van der Waals surface area contributed by atoms with Gasteiger partial charge in [0.15, 0.2) is 5.78 Å². The predicted octanol–water partition coefficient (Wildman–Crippen LogP) is 3.05. The zero-order valence-corrected chi connectivity index (χ0v) is 15.3. The van der Waals surface area contributed by atoms with Crippen LogP contribution in [0.3, 0.4) is 0 Å². The number of carbonyl (C=O) groups excluding carboxylic acids is 3. The Hall–Kier alpha value is -2.70. The van der Waals surface area contributed by atoms with Crippen molar-refractivity contribution in [1.82, 2.24) is 4.90 Å². The van der Waals surface area contributed by atoms with Gasteiger partial charge in [-0.2, -0.15) is 0 Å². The number of ketones is 1. The molecule has 26 heavy (non-hydrogen) atoms. The van der Waals surface area contributed by atoms with Gasteiger partial charge in [-0.15, -0.1) is 0 Å². The maximum atomic E-state index is 12.2.